The minimum absolute atomic E-state index is 0.669. The lowest BCUT2D eigenvalue weighted by atomic mass is 10.3. The van der Waals surface area contributed by atoms with Crippen LogP contribution in [0.1, 0.15) is 0 Å². The van der Waals surface area contributed by atoms with Gasteiger partial charge >= 0.3 is 0 Å². The van der Waals surface area contributed by atoms with Crippen molar-refractivity contribution in [2.24, 2.45) is 0 Å². The minimum atomic E-state index is 0.669. The van der Waals surface area contributed by atoms with Crippen LogP contribution in [-0.4, -0.2) is 14.4 Å². The Morgan fingerprint density at radius 1 is 1.26 bits per heavy atom. The molecule has 96 valence electrons. The third kappa shape index (κ3) is 2.61. The summed E-state index contributed by atoms with van der Waals surface area (Å²) in [4.78, 5) is 8.68. The van der Waals surface area contributed by atoms with Crippen molar-refractivity contribution >= 4 is 60.6 Å². The zero-order valence-corrected chi connectivity index (χ0v) is 13.4. The molecule has 0 saturated heterocycles. The fourth-order valence-corrected chi connectivity index (χ4v) is 2.88. The standard InChI is InChI=1S/C12H7Br2ClN4/c13-8-5-7(15)1-2-9(8)17-11-12-16-3-4-19(12)6-10(14)18-11/h1-6H,(H,17,18). The lowest BCUT2D eigenvalue weighted by Gasteiger charge is -2.09. The zero-order chi connectivity index (χ0) is 13.4. The van der Waals surface area contributed by atoms with Crippen molar-refractivity contribution in [2.45, 2.75) is 0 Å². The molecule has 3 rings (SSSR count). The van der Waals surface area contributed by atoms with Crippen molar-refractivity contribution in [2.75, 3.05) is 5.32 Å². The number of fused-ring (bicyclic) bond motifs is 1. The Hall–Kier alpha value is -1.11. The van der Waals surface area contributed by atoms with Crippen LogP contribution < -0.4 is 5.32 Å². The first-order valence-electron chi connectivity index (χ1n) is 5.35. The van der Waals surface area contributed by atoms with Crippen LogP contribution in [0, 0.1) is 0 Å². The zero-order valence-electron chi connectivity index (χ0n) is 9.44. The molecule has 0 aliphatic rings. The molecule has 0 saturated carbocycles. The van der Waals surface area contributed by atoms with Gasteiger partial charge in [-0.2, -0.15) is 0 Å². The Kier molecular flexibility index (Phi) is 3.47. The average molecular weight is 402 g/mol. The molecular weight excluding hydrogens is 395 g/mol. The first-order valence-corrected chi connectivity index (χ1v) is 7.31. The van der Waals surface area contributed by atoms with Gasteiger partial charge in [-0.3, -0.25) is 0 Å². The van der Waals surface area contributed by atoms with Crippen LogP contribution in [0.2, 0.25) is 5.02 Å². The summed E-state index contributed by atoms with van der Waals surface area (Å²) in [6.07, 6.45) is 5.44. The van der Waals surface area contributed by atoms with Crippen LogP contribution >= 0.6 is 43.5 Å². The fourth-order valence-electron chi connectivity index (χ4n) is 1.70. The molecule has 19 heavy (non-hydrogen) atoms. The largest absolute Gasteiger partial charge is 0.336 e. The van der Waals surface area contributed by atoms with E-state index in [1.807, 2.05) is 35.0 Å². The van der Waals surface area contributed by atoms with E-state index in [0.29, 0.717) is 10.8 Å². The molecule has 1 aromatic carbocycles. The van der Waals surface area contributed by atoms with E-state index in [2.05, 4.69) is 47.1 Å². The van der Waals surface area contributed by atoms with Crippen molar-refractivity contribution in [3.63, 3.8) is 0 Å². The molecule has 1 N–H and O–H groups in total. The van der Waals surface area contributed by atoms with Crippen molar-refractivity contribution < 1.29 is 0 Å². The molecular formula is C12H7Br2ClN4. The smallest absolute Gasteiger partial charge is 0.180 e. The Morgan fingerprint density at radius 3 is 2.89 bits per heavy atom. The lowest BCUT2D eigenvalue weighted by molar-refractivity contribution is 1.10. The number of nitrogens with one attached hydrogen (secondary N) is 1. The SMILES string of the molecule is Clc1ccc(Nc2nc(Br)cn3ccnc23)c(Br)c1. The lowest BCUT2D eigenvalue weighted by Crippen LogP contribution is -1.99. The van der Waals surface area contributed by atoms with Crippen LogP contribution in [0.5, 0.6) is 0 Å². The molecule has 0 radical (unpaired) electrons. The highest BCUT2D eigenvalue weighted by molar-refractivity contribution is 9.10. The number of benzene rings is 1. The van der Waals surface area contributed by atoms with Gasteiger partial charge in [0, 0.05) is 28.1 Å². The molecule has 0 spiro atoms. The predicted molar refractivity (Wildman–Crippen MR) is 83.1 cm³/mol. The molecule has 0 atom stereocenters. The summed E-state index contributed by atoms with van der Waals surface area (Å²) in [5.74, 6) is 0.669. The second-order valence-electron chi connectivity index (χ2n) is 3.82. The van der Waals surface area contributed by atoms with E-state index < -0.39 is 0 Å². The summed E-state index contributed by atoms with van der Waals surface area (Å²) < 4.78 is 3.49. The van der Waals surface area contributed by atoms with Gasteiger partial charge in [0.25, 0.3) is 0 Å². The molecule has 0 aliphatic carbocycles. The van der Waals surface area contributed by atoms with Gasteiger partial charge in [-0.05, 0) is 50.1 Å². The maximum absolute atomic E-state index is 5.93. The Labute approximate surface area is 131 Å². The number of hydrogen-bond donors (Lipinski definition) is 1. The summed E-state index contributed by atoms with van der Waals surface area (Å²) in [5.41, 5.74) is 1.63. The van der Waals surface area contributed by atoms with E-state index in [4.69, 9.17) is 11.6 Å². The minimum Gasteiger partial charge on any atom is -0.336 e. The van der Waals surface area contributed by atoms with Crippen LogP contribution in [0.3, 0.4) is 0 Å². The summed E-state index contributed by atoms with van der Waals surface area (Å²) >= 11 is 12.8. The monoisotopic (exact) mass is 400 g/mol. The van der Waals surface area contributed by atoms with E-state index in [0.717, 1.165) is 20.4 Å². The average Bonchev–Trinajstić information content (AvgIpc) is 2.80. The normalized spacial score (nSPS) is 10.9. The third-order valence-electron chi connectivity index (χ3n) is 2.53. The van der Waals surface area contributed by atoms with E-state index in [9.17, 15) is 0 Å². The number of hydrogen-bond acceptors (Lipinski definition) is 3. The van der Waals surface area contributed by atoms with Gasteiger partial charge in [0.15, 0.2) is 11.5 Å². The molecule has 4 nitrogen and oxygen atoms in total. The summed E-state index contributed by atoms with van der Waals surface area (Å²) in [7, 11) is 0. The van der Waals surface area contributed by atoms with Crippen molar-refractivity contribution in [1.29, 1.82) is 0 Å². The maximum atomic E-state index is 5.93. The van der Waals surface area contributed by atoms with Crippen LogP contribution in [0.25, 0.3) is 5.65 Å². The van der Waals surface area contributed by atoms with Crippen molar-refractivity contribution in [1.82, 2.24) is 14.4 Å². The van der Waals surface area contributed by atoms with Gasteiger partial charge in [-0.1, -0.05) is 11.6 Å². The topological polar surface area (TPSA) is 42.2 Å². The van der Waals surface area contributed by atoms with Gasteiger partial charge in [0.05, 0.1) is 5.69 Å². The van der Waals surface area contributed by atoms with E-state index in [1.54, 1.807) is 6.20 Å². The number of nitrogens with zero attached hydrogens (tertiary/aromatic N) is 3. The van der Waals surface area contributed by atoms with Crippen molar-refractivity contribution in [3.05, 3.63) is 50.9 Å². The second-order valence-corrected chi connectivity index (χ2v) is 5.92. The van der Waals surface area contributed by atoms with Crippen LogP contribution in [0.4, 0.5) is 11.5 Å². The predicted octanol–water partition coefficient (Wildman–Crippen LogP) is 4.65. The highest BCUT2D eigenvalue weighted by atomic mass is 79.9. The molecule has 0 fully saturated rings. The first kappa shape index (κ1) is 12.9. The Morgan fingerprint density at radius 2 is 2.11 bits per heavy atom. The summed E-state index contributed by atoms with van der Waals surface area (Å²) in [6, 6.07) is 5.52. The molecule has 0 amide bonds. The molecule has 2 heterocycles. The highest BCUT2D eigenvalue weighted by Gasteiger charge is 2.08. The summed E-state index contributed by atoms with van der Waals surface area (Å²) in [6.45, 7) is 0. The molecule has 7 heteroatoms. The van der Waals surface area contributed by atoms with E-state index >= 15 is 0 Å². The number of halogens is 3. The number of aromatic nitrogens is 3. The molecule has 2 aromatic heterocycles. The van der Waals surface area contributed by atoms with Crippen LogP contribution in [0.15, 0.2) is 45.9 Å². The van der Waals surface area contributed by atoms with E-state index in [-0.39, 0.29) is 0 Å². The quantitative estimate of drug-likeness (QED) is 0.678. The van der Waals surface area contributed by atoms with Gasteiger partial charge in [0.1, 0.15) is 4.60 Å². The fraction of sp³-hybridized carbons (Fsp3) is 0. The van der Waals surface area contributed by atoms with E-state index in [1.165, 1.54) is 0 Å². The maximum Gasteiger partial charge on any atom is 0.180 e. The molecule has 3 aromatic rings. The van der Waals surface area contributed by atoms with Crippen LogP contribution in [-0.2, 0) is 0 Å². The third-order valence-corrected chi connectivity index (χ3v) is 3.80. The summed E-state index contributed by atoms with van der Waals surface area (Å²) in [5, 5.41) is 3.91. The molecule has 0 unspecified atom stereocenters. The van der Waals surface area contributed by atoms with Gasteiger partial charge in [0.2, 0.25) is 0 Å². The number of rotatable bonds is 2. The molecule has 0 bridgehead atoms. The molecule has 0 aliphatic heterocycles. The number of anilines is 2. The first-order chi connectivity index (χ1) is 9.13. The highest BCUT2D eigenvalue weighted by Crippen LogP contribution is 2.29. The van der Waals surface area contributed by atoms with Gasteiger partial charge < -0.3 is 9.72 Å². The Bertz CT molecular complexity index is 757. The Balaban J connectivity index is 2.07. The van der Waals surface area contributed by atoms with Gasteiger partial charge in [-0.15, -0.1) is 0 Å². The number of imidazole rings is 1. The second kappa shape index (κ2) is 5.11. The van der Waals surface area contributed by atoms with Gasteiger partial charge in [-0.25, -0.2) is 9.97 Å². The van der Waals surface area contributed by atoms with Crippen molar-refractivity contribution in [3.8, 4) is 0 Å².